The van der Waals surface area contributed by atoms with Crippen molar-refractivity contribution in [2.24, 2.45) is 11.5 Å². The van der Waals surface area contributed by atoms with Gasteiger partial charge in [-0.1, -0.05) is 0 Å². The second-order valence-corrected chi connectivity index (χ2v) is 13.7. The zero-order chi connectivity index (χ0) is 17.0. The van der Waals surface area contributed by atoms with Crippen molar-refractivity contribution in [1.29, 1.82) is 0 Å². The molecule has 0 radical (unpaired) electrons. The van der Waals surface area contributed by atoms with Gasteiger partial charge in [0.2, 0.25) is 0 Å². The molecule has 0 aromatic carbocycles. The standard InChI is InChI=1S/C6H16N2O8S4/c1-17(9,10)5(7,18(2,11)12)6(8,19(3,13)14)20(4,15)16/h7-8H2,1-4H3. The summed E-state index contributed by atoms with van der Waals surface area (Å²) in [6.45, 7) is 0. The van der Waals surface area contributed by atoms with E-state index in [2.05, 4.69) is 0 Å². The van der Waals surface area contributed by atoms with Crippen LogP contribution in [0.25, 0.3) is 0 Å². The van der Waals surface area contributed by atoms with Gasteiger partial charge < -0.3 is 0 Å². The van der Waals surface area contributed by atoms with Crippen LogP contribution in [0.5, 0.6) is 0 Å². The summed E-state index contributed by atoms with van der Waals surface area (Å²) in [5, 5.41) is 0. The molecule has 0 aromatic rings. The SMILES string of the molecule is CS(=O)(=O)C(N)(C(N)(S(C)(=O)=O)S(C)(=O)=O)S(C)(=O)=O. The van der Waals surface area contributed by atoms with Gasteiger partial charge >= 0.3 is 0 Å². The van der Waals surface area contributed by atoms with Gasteiger partial charge in [0.15, 0.2) is 39.3 Å². The van der Waals surface area contributed by atoms with Crippen LogP contribution in [-0.4, -0.2) is 67.1 Å². The summed E-state index contributed by atoms with van der Waals surface area (Å²) in [6.07, 6.45) is 1.14. The lowest BCUT2D eigenvalue weighted by Crippen LogP contribution is -2.78. The summed E-state index contributed by atoms with van der Waals surface area (Å²) in [4.78, 5) is 0. The number of rotatable bonds is 5. The Kier molecular flexibility index (Phi) is 4.54. The maximum Gasteiger partial charge on any atom is 0.267 e. The van der Waals surface area contributed by atoms with Crippen LogP contribution in [0, 0.1) is 0 Å². The normalized spacial score (nSPS) is 16.1. The van der Waals surface area contributed by atoms with E-state index in [1.807, 2.05) is 0 Å². The molecule has 20 heavy (non-hydrogen) atoms. The van der Waals surface area contributed by atoms with Gasteiger partial charge in [-0.3, -0.25) is 11.5 Å². The van der Waals surface area contributed by atoms with Crippen LogP contribution in [0.2, 0.25) is 0 Å². The van der Waals surface area contributed by atoms with E-state index in [1.54, 1.807) is 0 Å². The third kappa shape index (κ3) is 2.48. The summed E-state index contributed by atoms with van der Waals surface area (Å²) >= 11 is 0. The molecule has 0 aliphatic carbocycles. The Bertz CT molecular complexity index is 681. The predicted molar refractivity (Wildman–Crippen MR) is 73.2 cm³/mol. The average molecular weight is 372 g/mol. The molecule has 0 amide bonds. The molecule has 0 spiro atoms. The van der Waals surface area contributed by atoms with Gasteiger partial charge in [0.05, 0.1) is 0 Å². The van der Waals surface area contributed by atoms with Crippen LogP contribution < -0.4 is 11.5 Å². The van der Waals surface area contributed by atoms with E-state index in [0.29, 0.717) is 0 Å². The average Bonchev–Trinajstić information content (AvgIpc) is 2.07. The van der Waals surface area contributed by atoms with E-state index < -0.39 is 47.8 Å². The maximum absolute atomic E-state index is 11.7. The van der Waals surface area contributed by atoms with Gasteiger partial charge in [0, 0.05) is 25.0 Å². The van der Waals surface area contributed by atoms with E-state index in [4.69, 9.17) is 11.5 Å². The molecule has 0 aromatic heterocycles. The summed E-state index contributed by atoms with van der Waals surface area (Å²) in [7, 11) is -19.8. The molecule has 0 saturated heterocycles. The van der Waals surface area contributed by atoms with Crippen LogP contribution in [0.1, 0.15) is 0 Å². The van der Waals surface area contributed by atoms with E-state index in [9.17, 15) is 33.7 Å². The monoisotopic (exact) mass is 372 g/mol. The van der Waals surface area contributed by atoms with Crippen molar-refractivity contribution in [3.63, 3.8) is 0 Å². The second kappa shape index (κ2) is 4.61. The number of sulfone groups is 4. The minimum absolute atomic E-state index is 0.284. The molecule has 4 N–H and O–H groups in total. The fraction of sp³-hybridized carbons (Fsp3) is 1.00. The Morgan fingerprint density at radius 1 is 0.500 bits per heavy atom. The van der Waals surface area contributed by atoms with Crippen LogP contribution >= 0.6 is 0 Å². The number of nitrogens with two attached hydrogens (primary N) is 2. The molecule has 14 heteroatoms. The minimum Gasteiger partial charge on any atom is -0.296 e. The van der Waals surface area contributed by atoms with Crippen molar-refractivity contribution in [2.45, 2.75) is 8.41 Å². The van der Waals surface area contributed by atoms with Crippen molar-refractivity contribution in [3.05, 3.63) is 0 Å². The van der Waals surface area contributed by atoms with Crippen molar-refractivity contribution in [1.82, 2.24) is 0 Å². The number of hydrogen-bond donors (Lipinski definition) is 2. The topological polar surface area (TPSA) is 189 Å². The summed E-state index contributed by atoms with van der Waals surface area (Å²) in [5.74, 6) is 0. The molecule has 0 saturated carbocycles. The zero-order valence-electron chi connectivity index (χ0n) is 11.1. The number of hydrogen-bond acceptors (Lipinski definition) is 10. The van der Waals surface area contributed by atoms with Gasteiger partial charge in [-0.15, -0.1) is 0 Å². The van der Waals surface area contributed by atoms with Crippen LogP contribution in [0.15, 0.2) is 0 Å². The fourth-order valence-corrected chi connectivity index (χ4v) is 11.7. The van der Waals surface area contributed by atoms with E-state index in [1.165, 1.54) is 0 Å². The maximum atomic E-state index is 11.7. The lowest BCUT2D eigenvalue weighted by molar-refractivity contribution is 0.490. The van der Waals surface area contributed by atoms with Crippen molar-refractivity contribution in [3.8, 4) is 0 Å². The highest BCUT2D eigenvalue weighted by Gasteiger charge is 2.72. The minimum atomic E-state index is -4.94. The lowest BCUT2D eigenvalue weighted by atomic mass is 10.6. The molecular formula is C6H16N2O8S4. The first-order valence-electron chi connectivity index (χ1n) is 4.61. The Hall–Kier alpha value is -0.280. The molecule has 0 bridgehead atoms. The molecule has 0 aliphatic rings. The zero-order valence-corrected chi connectivity index (χ0v) is 14.3. The van der Waals surface area contributed by atoms with Crippen molar-refractivity contribution < 1.29 is 33.7 Å². The molecular weight excluding hydrogens is 356 g/mol. The highest BCUT2D eigenvalue weighted by atomic mass is 32.3. The third-order valence-corrected chi connectivity index (χ3v) is 12.5. The second-order valence-electron chi connectivity index (χ2n) is 4.42. The van der Waals surface area contributed by atoms with Crippen molar-refractivity contribution >= 4 is 39.3 Å². The van der Waals surface area contributed by atoms with Gasteiger partial charge in [-0.05, 0) is 0 Å². The van der Waals surface area contributed by atoms with Crippen LogP contribution in [-0.2, 0) is 39.3 Å². The third-order valence-electron chi connectivity index (χ3n) is 2.69. The molecule has 0 aliphatic heterocycles. The summed E-state index contributed by atoms with van der Waals surface area (Å²) in [5.41, 5.74) is 10.5. The quantitative estimate of drug-likeness (QED) is 0.487. The van der Waals surface area contributed by atoms with Gasteiger partial charge in [0.1, 0.15) is 0 Å². The molecule has 0 heterocycles. The largest absolute Gasteiger partial charge is 0.296 e. The lowest BCUT2D eigenvalue weighted by Gasteiger charge is -2.39. The van der Waals surface area contributed by atoms with E-state index >= 15 is 0 Å². The fourth-order valence-electron chi connectivity index (χ4n) is 1.58. The summed E-state index contributed by atoms with van der Waals surface area (Å²) < 4.78 is 86.3. The first-order chi connectivity index (χ1) is 8.25. The molecule has 0 rings (SSSR count). The van der Waals surface area contributed by atoms with Crippen LogP contribution in [0.4, 0.5) is 0 Å². The molecule has 0 fully saturated rings. The van der Waals surface area contributed by atoms with Gasteiger partial charge in [0.25, 0.3) is 8.41 Å². The molecule has 0 atom stereocenters. The van der Waals surface area contributed by atoms with Gasteiger partial charge in [-0.25, -0.2) is 33.7 Å². The van der Waals surface area contributed by atoms with E-state index in [-0.39, 0.29) is 25.0 Å². The van der Waals surface area contributed by atoms with Crippen LogP contribution in [0.3, 0.4) is 0 Å². The first kappa shape index (κ1) is 19.7. The Balaban J connectivity index is 7.47. The summed E-state index contributed by atoms with van der Waals surface area (Å²) in [6, 6.07) is 0. The Morgan fingerprint density at radius 3 is 0.650 bits per heavy atom. The molecule has 0 unspecified atom stereocenters. The molecule has 10 nitrogen and oxygen atoms in total. The molecule has 122 valence electrons. The van der Waals surface area contributed by atoms with E-state index in [0.717, 1.165) is 0 Å². The predicted octanol–water partition coefficient (Wildman–Crippen LogP) is -3.61. The van der Waals surface area contributed by atoms with Gasteiger partial charge in [-0.2, -0.15) is 0 Å². The highest BCUT2D eigenvalue weighted by molar-refractivity contribution is 8.16. The van der Waals surface area contributed by atoms with Crippen molar-refractivity contribution in [2.75, 3.05) is 25.0 Å². The first-order valence-corrected chi connectivity index (χ1v) is 12.2. The smallest absolute Gasteiger partial charge is 0.267 e. The Morgan fingerprint density at radius 2 is 0.600 bits per heavy atom. The highest BCUT2D eigenvalue weighted by Crippen LogP contribution is 2.36. The Labute approximate surface area is 118 Å².